The number of likely N-dealkylation sites (tertiary alicyclic amines) is 1. The van der Waals surface area contributed by atoms with Gasteiger partial charge in [0.05, 0.1) is 6.04 Å². The van der Waals surface area contributed by atoms with E-state index in [2.05, 4.69) is 5.32 Å². The topological polar surface area (TPSA) is 15.3 Å². The van der Waals surface area contributed by atoms with Gasteiger partial charge in [0.25, 0.3) is 5.92 Å². The molecule has 0 aromatic rings. The van der Waals surface area contributed by atoms with Gasteiger partial charge in [-0.2, -0.15) is 0 Å². The van der Waals surface area contributed by atoms with Crippen molar-refractivity contribution >= 4 is 0 Å². The molecule has 2 aliphatic rings. The van der Waals surface area contributed by atoms with Crippen LogP contribution in [0.4, 0.5) is 8.78 Å². The molecule has 2 fully saturated rings. The quantitative estimate of drug-likeness (QED) is 0.545. The molecule has 0 saturated carbocycles. The van der Waals surface area contributed by atoms with Crippen LogP contribution in [0.5, 0.6) is 0 Å². The smallest absolute Gasteiger partial charge is 0.269 e. The van der Waals surface area contributed by atoms with Crippen LogP contribution in [0, 0.1) is 5.92 Å². The summed E-state index contributed by atoms with van der Waals surface area (Å²) in [6.07, 6.45) is 0. The number of nitrogens with one attached hydrogen (secondary N) is 1. The molecule has 1 N–H and O–H groups in total. The lowest BCUT2D eigenvalue weighted by atomic mass is 9.97. The molecule has 0 amide bonds. The van der Waals surface area contributed by atoms with Gasteiger partial charge in [-0.05, 0) is 7.05 Å². The zero-order chi connectivity index (χ0) is 8.06. The van der Waals surface area contributed by atoms with Gasteiger partial charge in [0, 0.05) is 25.6 Å². The van der Waals surface area contributed by atoms with Crippen molar-refractivity contribution in [2.75, 3.05) is 26.7 Å². The van der Waals surface area contributed by atoms with E-state index in [1.165, 1.54) is 0 Å². The third-order valence-corrected chi connectivity index (χ3v) is 2.76. The molecule has 2 bridgehead atoms. The number of fused-ring (bicyclic) bond motifs is 2. The molecule has 64 valence electrons. The predicted octanol–water partition coefficient (Wildman–Crippen LogP) is 0.155. The monoisotopic (exact) mass is 162 g/mol. The summed E-state index contributed by atoms with van der Waals surface area (Å²) in [5.41, 5.74) is 0. The maximum Gasteiger partial charge on any atom is 0.269 e. The lowest BCUT2D eigenvalue weighted by Crippen LogP contribution is -2.52. The summed E-state index contributed by atoms with van der Waals surface area (Å²) in [5.74, 6) is -2.92. The van der Waals surface area contributed by atoms with Crippen LogP contribution < -0.4 is 5.32 Å². The van der Waals surface area contributed by atoms with E-state index in [1.54, 1.807) is 11.9 Å². The van der Waals surface area contributed by atoms with Crippen LogP contribution in [0.25, 0.3) is 0 Å². The van der Waals surface area contributed by atoms with Gasteiger partial charge in [-0.3, -0.25) is 4.90 Å². The molecule has 0 aromatic carbocycles. The van der Waals surface area contributed by atoms with E-state index < -0.39 is 17.9 Å². The highest BCUT2D eigenvalue weighted by atomic mass is 19.3. The Bertz CT molecular complexity index is 172. The number of piperidine rings is 1. The fraction of sp³-hybridized carbons (Fsp3) is 1.00. The first-order chi connectivity index (χ1) is 5.12. The number of likely N-dealkylation sites (N-methyl/N-ethyl adjacent to an activating group) is 1. The molecule has 2 saturated heterocycles. The second-order valence-corrected chi connectivity index (χ2v) is 3.49. The molecule has 2 heterocycles. The Kier molecular flexibility index (Phi) is 1.44. The van der Waals surface area contributed by atoms with Crippen LogP contribution in [0.15, 0.2) is 0 Å². The van der Waals surface area contributed by atoms with Gasteiger partial charge in [0.15, 0.2) is 0 Å². The number of alkyl halides is 2. The van der Waals surface area contributed by atoms with Crippen LogP contribution in [-0.2, 0) is 0 Å². The minimum atomic E-state index is -2.46. The Balaban J connectivity index is 2.25. The predicted molar refractivity (Wildman–Crippen MR) is 37.7 cm³/mol. The van der Waals surface area contributed by atoms with Gasteiger partial charge in [0.1, 0.15) is 0 Å². The van der Waals surface area contributed by atoms with Crippen LogP contribution in [0.1, 0.15) is 0 Å². The maximum atomic E-state index is 13.2. The zero-order valence-electron chi connectivity index (χ0n) is 6.48. The number of nitrogens with zero attached hydrogens (tertiary/aromatic N) is 1. The SMILES string of the molecule is CN1CC2CNCC1C2(F)F. The van der Waals surface area contributed by atoms with E-state index in [-0.39, 0.29) is 0 Å². The fourth-order valence-electron chi connectivity index (χ4n) is 2.05. The molecule has 2 nitrogen and oxygen atoms in total. The lowest BCUT2D eigenvalue weighted by Gasteiger charge is -2.30. The minimum Gasteiger partial charge on any atom is -0.314 e. The first kappa shape index (κ1) is 7.43. The lowest BCUT2D eigenvalue weighted by molar-refractivity contribution is -0.0740. The molecular weight excluding hydrogens is 150 g/mol. The molecule has 2 aliphatic heterocycles. The van der Waals surface area contributed by atoms with Crippen LogP contribution >= 0.6 is 0 Å². The number of halogens is 2. The van der Waals surface area contributed by atoms with Gasteiger partial charge in [-0.1, -0.05) is 0 Å². The van der Waals surface area contributed by atoms with Gasteiger partial charge < -0.3 is 5.32 Å². The van der Waals surface area contributed by atoms with E-state index in [9.17, 15) is 8.78 Å². The molecule has 4 heteroatoms. The normalized spacial score (nSPS) is 42.8. The van der Waals surface area contributed by atoms with Gasteiger partial charge >= 0.3 is 0 Å². The summed E-state index contributed by atoms with van der Waals surface area (Å²) in [6.45, 7) is 1.43. The van der Waals surface area contributed by atoms with E-state index in [0.717, 1.165) is 0 Å². The summed E-state index contributed by atoms with van der Waals surface area (Å²) >= 11 is 0. The van der Waals surface area contributed by atoms with Crippen molar-refractivity contribution in [1.29, 1.82) is 0 Å². The molecule has 2 rings (SSSR count). The van der Waals surface area contributed by atoms with Crippen LogP contribution in [0.3, 0.4) is 0 Å². The first-order valence-electron chi connectivity index (χ1n) is 3.91. The van der Waals surface area contributed by atoms with Crippen molar-refractivity contribution in [2.45, 2.75) is 12.0 Å². The maximum absolute atomic E-state index is 13.2. The molecule has 0 radical (unpaired) electrons. The molecule has 0 spiro atoms. The summed E-state index contributed by atoms with van der Waals surface area (Å²) in [6, 6.07) is -0.568. The average Bonchev–Trinajstić information content (AvgIpc) is 2.15. The van der Waals surface area contributed by atoms with Crippen molar-refractivity contribution in [1.82, 2.24) is 10.2 Å². The minimum absolute atomic E-state index is 0.431. The molecule has 2 unspecified atom stereocenters. The third kappa shape index (κ3) is 0.891. The van der Waals surface area contributed by atoms with E-state index in [4.69, 9.17) is 0 Å². The second kappa shape index (κ2) is 2.14. The van der Waals surface area contributed by atoms with Crippen molar-refractivity contribution in [3.05, 3.63) is 0 Å². The summed E-state index contributed by atoms with van der Waals surface area (Å²) in [4.78, 5) is 1.75. The van der Waals surface area contributed by atoms with E-state index in [1.807, 2.05) is 0 Å². The number of rotatable bonds is 0. The first-order valence-corrected chi connectivity index (χ1v) is 3.91. The number of hydrogen-bond acceptors (Lipinski definition) is 2. The highest BCUT2D eigenvalue weighted by Gasteiger charge is 2.56. The Hall–Kier alpha value is -0.220. The Morgan fingerprint density at radius 2 is 2.18 bits per heavy atom. The second-order valence-electron chi connectivity index (χ2n) is 3.49. The van der Waals surface area contributed by atoms with E-state index >= 15 is 0 Å². The van der Waals surface area contributed by atoms with Crippen LogP contribution in [0.2, 0.25) is 0 Å². The van der Waals surface area contributed by atoms with Crippen LogP contribution in [-0.4, -0.2) is 43.5 Å². The van der Waals surface area contributed by atoms with Crippen molar-refractivity contribution in [2.24, 2.45) is 5.92 Å². The molecule has 2 atom stereocenters. The summed E-state index contributed by atoms with van der Waals surface area (Å²) < 4.78 is 26.4. The van der Waals surface area contributed by atoms with Gasteiger partial charge in [0.2, 0.25) is 0 Å². The Morgan fingerprint density at radius 1 is 1.45 bits per heavy atom. The Morgan fingerprint density at radius 3 is 2.73 bits per heavy atom. The summed E-state index contributed by atoms with van der Waals surface area (Å²) in [7, 11) is 1.77. The van der Waals surface area contributed by atoms with Crippen molar-refractivity contribution in [3.8, 4) is 0 Å². The summed E-state index contributed by atoms with van der Waals surface area (Å²) in [5, 5.41) is 3.01. The third-order valence-electron chi connectivity index (χ3n) is 2.76. The highest BCUT2D eigenvalue weighted by Crippen LogP contribution is 2.39. The average molecular weight is 162 g/mol. The largest absolute Gasteiger partial charge is 0.314 e. The highest BCUT2D eigenvalue weighted by molar-refractivity contribution is 5.03. The molecule has 11 heavy (non-hydrogen) atoms. The number of hydrogen-bond donors (Lipinski definition) is 1. The van der Waals surface area contributed by atoms with Crippen molar-refractivity contribution < 1.29 is 8.78 Å². The van der Waals surface area contributed by atoms with Crippen molar-refractivity contribution in [3.63, 3.8) is 0 Å². The molecule has 0 aliphatic carbocycles. The van der Waals surface area contributed by atoms with Gasteiger partial charge in [-0.15, -0.1) is 0 Å². The van der Waals surface area contributed by atoms with E-state index in [0.29, 0.717) is 19.6 Å². The standard InChI is InChI=1S/C7H12F2N2/c1-11-4-5-2-10-3-6(11)7(5,8)9/h5-6,10H,2-4H2,1H3. The fourth-order valence-corrected chi connectivity index (χ4v) is 2.05. The van der Waals surface area contributed by atoms with Gasteiger partial charge in [-0.25, -0.2) is 8.78 Å². The Labute approximate surface area is 64.6 Å². The molecular formula is C7H12F2N2. The zero-order valence-corrected chi connectivity index (χ0v) is 6.48. The molecule has 0 aromatic heterocycles.